The first-order chi connectivity index (χ1) is 8.02. The lowest BCUT2D eigenvalue weighted by molar-refractivity contribution is 0.0689. The van der Waals surface area contributed by atoms with Crippen LogP contribution >= 0.6 is 0 Å². The van der Waals surface area contributed by atoms with Gasteiger partial charge < -0.3 is 15.3 Å². The summed E-state index contributed by atoms with van der Waals surface area (Å²) in [5, 5.41) is 28.7. The van der Waals surface area contributed by atoms with Gasteiger partial charge in [0, 0.05) is 12.0 Å². The van der Waals surface area contributed by atoms with Gasteiger partial charge in [0.15, 0.2) is 0 Å². The summed E-state index contributed by atoms with van der Waals surface area (Å²) in [6, 6.07) is 6.30. The zero-order chi connectivity index (χ0) is 12.6. The molecule has 3 N–H and O–H groups in total. The van der Waals surface area contributed by atoms with Crippen molar-refractivity contribution in [2.75, 3.05) is 0 Å². The van der Waals surface area contributed by atoms with E-state index in [0.717, 1.165) is 0 Å². The molecular formula is C13H14O4. The maximum absolute atomic E-state index is 11.0. The second-order valence-electron chi connectivity index (χ2n) is 4.30. The van der Waals surface area contributed by atoms with Crippen LogP contribution in [-0.4, -0.2) is 21.3 Å². The van der Waals surface area contributed by atoms with Crippen molar-refractivity contribution >= 4 is 5.97 Å². The molecule has 0 spiro atoms. The zero-order valence-electron chi connectivity index (χ0n) is 9.42. The molecule has 0 fully saturated rings. The molecule has 1 aliphatic carbocycles. The highest BCUT2D eigenvalue weighted by Crippen LogP contribution is 2.41. The average molecular weight is 234 g/mol. The fourth-order valence-electron chi connectivity index (χ4n) is 2.20. The molecule has 0 aliphatic heterocycles. The summed E-state index contributed by atoms with van der Waals surface area (Å²) >= 11 is 0. The molecule has 4 heteroatoms. The Bertz CT molecular complexity index is 490. The molecule has 17 heavy (non-hydrogen) atoms. The highest BCUT2D eigenvalue weighted by Gasteiger charge is 2.33. The van der Waals surface area contributed by atoms with Crippen LogP contribution in [0.4, 0.5) is 0 Å². The molecule has 2 rings (SSSR count). The number of aliphatic hydroxyl groups excluding tert-OH is 2. The van der Waals surface area contributed by atoms with Crippen LogP contribution in [0, 0.1) is 5.92 Å². The molecule has 90 valence electrons. The Balaban J connectivity index is 2.41. The number of hydrogen-bond acceptors (Lipinski definition) is 3. The third kappa shape index (κ3) is 1.91. The number of benzene rings is 1. The first kappa shape index (κ1) is 11.7. The fraction of sp³-hybridized carbons (Fsp3) is 0.308. The topological polar surface area (TPSA) is 77.8 Å². The smallest absolute Gasteiger partial charge is 0.336 e. The van der Waals surface area contributed by atoms with Crippen molar-refractivity contribution in [3.8, 4) is 0 Å². The molecule has 0 saturated carbocycles. The van der Waals surface area contributed by atoms with Crippen LogP contribution in [0.15, 0.2) is 35.6 Å². The molecule has 0 amide bonds. The van der Waals surface area contributed by atoms with Crippen molar-refractivity contribution in [3.05, 3.63) is 46.7 Å². The molecule has 4 nitrogen and oxygen atoms in total. The summed E-state index contributed by atoms with van der Waals surface area (Å²) in [4.78, 5) is 11.0. The molecular weight excluding hydrogens is 220 g/mol. The van der Waals surface area contributed by atoms with Gasteiger partial charge in [-0.15, -0.1) is 0 Å². The van der Waals surface area contributed by atoms with Gasteiger partial charge in [-0.25, -0.2) is 4.79 Å². The maximum Gasteiger partial charge on any atom is 0.336 e. The lowest BCUT2D eigenvalue weighted by Crippen LogP contribution is -2.22. The van der Waals surface area contributed by atoms with Crippen LogP contribution in [-0.2, 0) is 0 Å². The van der Waals surface area contributed by atoms with Crippen molar-refractivity contribution in [1.29, 1.82) is 0 Å². The van der Waals surface area contributed by atoms with Gasteiger partial charge >= 0.3 is 5.97 Å². The Kier molecular flexibility index (Phi) is 2.90. The Labute approximate surface area is 98.8 Å². The number of carbonyl (C=O) groups is 1. The zero-order valence-corrected chi connectivity index (χ0v) is 9.42. The van der Waals surface area contributed by atoms with Gasteiger partial charge in [-0.1, -0.05) is 25.1 Å². The number of carboxylic acids is 1. The molecule has 1 aromatic rings. The lowest BCUT2D eigenvalue weighted by atomic mass is 9.78. The monoisotopic (exact) mass is 234 g/mol. The van der Waals surface area contributed by atoms with Crippen LogP contribution in [0.5, 0.6) is 0 Å². The van der Waals surface area contributed by atoms with E-state index in [0.29, 0.717) is 17.6 Å². The van der Waals surface area contributed by atoms with E-state index in [2.05, 4.69) is 0 Å². The van der Waals surface area contributed by atoms with Gasteiger partial charge in [0.2, 0.25) is 0 Å². The number of aliphatic hydroxyl groups is 2. The third-order valence-electron chi connectivity index (χ3n) is 3.14. The van der Waals surface area contributed by atoms with Gasteiger partial charge in [-0.3, -0.25) is 0 Å². The largest absolute Gasteiger partial charge is 0.512 e. The van der Waals surface area contributed by atoms with Gasteiger partial charge in [0.1, 0.15) is 6.10 Å². The molecule has 0 saturated heterocycles. The molecule has 0 bridgehead atoms. The molecule has 0 aromatic heterocycles. The predicted molar refractivity (Wildman–Crippen MR) is 61.8 cm³/mol. The van der Waals surface area contributed by atoms with Gasteiger partial charge in [-0.05, 0) is 17.5 Å². The number of carboxylic acid groups (broad SMARTS) is 1. The Morgan fingerprint density at radius 3 is 2.59 bits per heavy atom. The van der Waals surface area contributed by atoms with Crippen molar-refractivity contribution < 1.29 is 20.1 Å². The Hall–Kier alpha value is -1.81. The molecule has 1 aromatic carbocycles. The summed E-state index contributed by atoms with van der Waals surface area (Å²) in [5.74, 6) is -0.816. The average Bonchev–Trinajstić information content (AvgIpc) is 2.28. The lowest BCUT2D eigenvalue weighted by Gasteiger charge is -2.31. The fourth-order valence-corrected chi connectivity index (χ4v) is 2.20. The Morgan fingerprint density at radius 2 is 2.06 bits per heavy atom. The van der Waals surface area contributed by atoms with Crippen LogP contribution in [0.25, 0.3) is 0 Å². The quantitative estimate of drug-likeness (QED) is 0.749. The minimum atomic E-state index is -1.08. The molecule has 2 atom stereocenters. The summed E-state index contributed by atoms with van der Waals surface area (Å²) in [6.45, 7) is 1.89. The number of allylic oxidation sites excluding steroid dienone is 1. The number of aromatic carboxylic acids is 1. The van der Waals surface area contributed by atoms with Gasteiger partial charge in [0.05, 0.1) is 11.3 Å². The highest BCUT2D eigenvalue weighted by molar-refractivity contribution is 5.89. The summed E-state index contributed by atoms with van der Waals surface area (Å²) < 4.78 is 0. The van der Waals surface area contributed by atoms with E-state index in [1.54, 1.807) is 18.2 Å². The summed E-state index contributed by atoms with van der Waals surface area (Å²) in [5.41, 5.74) is 0.922. The standard InChI is InChI=1S/C13H14O4/c1-7-6-10(14)11(7)12(15)8-4-2-3-5-9(8)13(16)17/h2-5,7,12,14-15H,6H2,1H3,(H,16,17)/t7-,12?/m1/s1. The summed E-state index contributed by atoms with van der Waals surface area (Å²) in [6.07, 6.45) is -0.493. The molecule has 0 radical (unpaired) electrons. The third-order valence-corrected chi connectivity index (χ3v) is 3.14. The van der Waals surface area contributed by atoms with Gasteiger partial charge in [0.25, 0.3) is 0 Å². The SMILES string of the molecule is C[C@@H]1CC(O)=C1C(O)c1ccccc1C(=O)O. The molecule has 1 unspecified atom stereocenters. The number of hydrogen-bond donors (Lipinski definition) is 3. The van der Waals surface area contributed by atoms with Crippen molar-refractivity contribution in [2.24, 2.45) is 5.92 Å². The van der Waals surface area contributed by atoms with E-state index in [1.807, 2.05) is 6.92 Å². The van der Waals surface area contributed by atoms with Crippen LogP contribution in [0.1, 0.15) is 35.4 Å². The van der Waals surface area contributed by atoms with Gasteiger partial charge in [-0.2, -0.15) is 0 Å². The minimum Gasteiger partial charge on any atom is -0.512 e. The second-order valence-corrected chi connectivity index (χ2v) is 4.30. The van der Waals surface area contributed by atoms with E-state index < -0.39 is 12.1 Å². The van der Waals surface area contributed by atoms with E-state index in [4.69, 9.17) is 5.11 Å². The first-order valence-corrected chi connectivity index (χ1v) is 5.44. The predicted octanol–water partition coefficient (Wildman–Crippen LogP) is 2.27. The number of rotatable bonds is 3. The summed E-state index contributed by atoms with van der Waals surface area (Å²) in [7, 11) is 0. The highest BCUT2D eigenvalue weighted by atomic mass is 16.4. The van der Waals surface area contributed by atoms with Crippen molar-refractivity contribution in [3.63, 3.8) is 0 Å². The van der Waals surface area contributed by atoms with E-state index >= 15 is 0 Å². The van der Waals surface area contributed by atoms with Crippen LogP contribution < -0.4 is 0 Å². The van der Waals surface area contributed by atoms with Crippen LogP contribution in [0.2, 0.25) is 0 Å². The first-order valence-electron chi connectivity index (χ1n) is 5.44. The van der Waals surface area contributed by atoms with Crippen LogP contribution in [0.3, 0.4) is 0 Å². The molecule has 0 heterocycles. The van der Waals surface area contributed by atoms with E-state index in [9.17, 15) is 15.0 Å². The van der Waals surface area contributed by atoms with Crippen molar-refractivity contribution in [1.82, 2.24) is 0 Å². The molecule has 1 aliphatic rings. The van der Waals surface area contributed by atoms with E-state index in [-0.39, 0.29) is 17.2 Å². The minimum absolute atomic E-state index is 0.0689. The van der Waals surface area contributed by atoms with E-state index in [1.165, 1.54) is 6.07 Å². The second kappa shape index (κ2) is 4.22. The van der Waals surface area contributed by atoms with Crippen molar-refractivity contribution in [2.45, 2.75) is 19.4 Å². The normalized spacial score (nSPS) is 20.9. The Morgan fingerprint density at radius 1 is 1.41 bits per heavy atom. The maximum atomic E-state index is 11.0.